The Labute approximate surface area is 142 Å². The molecule has 4 heteroatoms. The predicted octanol–water partition coefficient (Wildman–Crippen LogP) is 4.55. The number of ether oxygens (including phenoxy) is 1. The van der Waals surface area contributed by atoms with Gasteiger partial charge in [-0.05, 0) is 42.2 Å². The minimum atomic E-state index is -0.554. The molecule has 0 aliphatic heterocycles. The maximum Gasteiger partial charge on any atom is 0.261 e. The van der Waals surface area contributed by atoms with Gasteiger partial charge in [0.05, 0.1) is 0 Å². The fourth-order valence-electron chi connectivity index (χ4n) is 2.24. The molecule has 23 heavy (non-hydrogen) atoms. The topological polar surface area (TPSA) is 38.3 Å². The molecule has 0 aliphatic carbocycles. The van der Waals surface area contributed by atoms with Crippen LogP contribution in [0.1, 0.15) is 37.8 Å². The van der Waals surface area contributed by atoms with Crippen molar-refractivity contribution in [1.29, 1.82) is 0 Å². The van der Waals surface area contributed by atoms with E-state index in [0.717, 1.165) is 16.9 Å². The molecule has 1 unspecified atom stereocenters. The summed E-state index contributed by atoms with van der Waals surface area (Å²) in [5.41, 5.74) is 2.10. The monoisotopic (exact) mass is 331 g/mol. The van der Waals surface area contributed by atoms with Crippen LogP contribution < -0.4 is 10.1 Å². The zero-order valence-electron chi connectivity index (χ0n) is 13.7. The van der Waals surface area contributed by atoms with Crippen LogP contribution in [0, 0.1) is 0 Å². The average Bonchev–Trinajstić information content (AvgIpc) is 2.54. The van der Waals surface area contributed by atoms with Crippen molar-refractivity contribution in [2.24, 2.45) is 0 Å². The third kappa shape index (κ3) is 5.00. The minimum absolute atomic E-state index is 0.140. The lowest BCUT2D eigenvalue weighted by Crippen LogP contribution is -2.36. The van der Waals surface area contributed by atoms with Crippen molar-refractivity contribution in [3.8, 4) is 5.75 Å². The predicted molar refractivity (Wildman–Crippen MR) is 93.9 cm³/mol. The highest BCUT2D eigenvalue weighted by molar-refractivity contribution is 6.30. The van der Waals surface area contributed by atoms with E-state index in [-0.39, 0.29) is 5.91 Å². The molecule has 0 saturated heterocycles. The minimum Gasteiger partial charge on any atom is -0.481 e. The molecule has 0 fully saturated rings. The smallest absolute Gasteiger partial charge is 0.261 e. The van der Waals surface area contributed by atoms with Gasteiger partial charge in [-0.25, -0.2) is 0 Å². The van der Waals surface area contributed by atoms with Crippen LogP contribution in [-0.2, 0) is 11.3 Å². The van der Waals surface area contributed by atoms with Crippen molar-refractivity contribution in [2.45, 2.75) is 39.3 Å². The molecule has 122 valence electrons. The van der Waals surface area contributed by atoms with E-state index in [4.69, 9.17) is 16.3 Å². The van der Waals surface area contributed by atoms with E-state index in [2.05, 4.69) is 19.2 Å². The van der Waals surface area contributed by atoms with Crippen LogP contribution in [0.3, 0.4) is 0 Å². The molecule has 0 aliphatic rings. The number of hydrogen-bond donors (Lipinski definition) is 1. The molecular formula is C19H22ClNO2. The first-order valence-electron chi connectivity index (χ1n) is 7.75. The lowest BCUT2D eigenvalue weighted by atomic mass is 10.0. The molecule has 1 N–H and O–H groups in total. The summed E-state index contributed by atoms with van der Waals surface area (Å²) in [5, 5.41) is 3.56. The number of rotatable bonds is 6. The summed E-state index contributed by atoms with van der Waals surface area (Å²) < 4.78 is 5.84. The zero-order chi connectivity index (χ0) is 16.8. The van der Waals surface area contributed by atoms with Crippen LogP contribution in [0.15, 0.2) is 48.5 Å². The maximum atomic E-state index is 12.2. The van der Waals surface area contributed by atoms with Gasteiger partial charge in [-0.3, -0.25) is 4.79 Å². The molecule has 2 rings (SSSR count). The Morgan fingerprint density at radius 1 is 1.09 bits per heavy atom. The molecule has 2 aromatic carbocycles. The number of carbonyl (C=O) groups excluding carboxylic acids is 1. The SMILES string of the molecule is CC(Oc1ccccc1C(C)C)C(=O)NCc1ccc(Cl)cc1. The number of hydrogen-bond acceptors (Lipinski definition) is 2. The van der Waals surface area contributed by atoms with Gasteiger partial charge in [-0.15, -0.1) is 0 Å². The average molecular weight is 332 g/mol. The highest BCUT2D eigenvalue weighted by Gasteiger charge is 2.16. The van der Waals surface area contributed by atoms with Gasteiger partial charge in [0.1, 0.15) is 5.75 Å². The lowest BCUT2D eigenvalue weighted by molar-refractivity contribution is -0.127. The van der Waals surface area contributed by atoms with Crippen molar-refractivity contribution < 1.29 is 9.53 Å². The summed E-state index contributed by atoms with van der Waals surface area (Å²) in [7, 11) is 0. The Morgan fingerprint density at radius 2 is 1.74 bits per heavy atom. The van der Waals surface area contributed by atoms with Crippen molar-refractivity contribution in [3.63, 3.8) is 0 Å². The fraction of sp³-hybridized carbons (Fsp3) is 0.316. The second-order valence-corrected chi connectivity index (χ2v) is 6.23. The van der Waals surface area contributed by atoms with E-state index in [1.807, 2.05) is 48.5 Å². The summed E-state index contributed by atoms with van der Waals surface area (Å²) in [4.78, 5) is 12.2. The van der Waals surface area contributed by atoms with E-state index in [9.17, 15) is 4.79 Å². The molecule has 2 aromatic rings. The Kier molecular flexibility index (Phi) is 6.05. The van der Waals surface area contributed by atoms with Gasteiger partial charge in [0.2, 0.25) is 0 Å². The van der Waals surface area contributed by atoms with Crippen molar-refractivity contribution in [2.75, 3.05) is 0 Å². The molecular weight excluding hydrogens is 310 g/mol. The summed E-state index contributed by atoms with van der Waals surface area (Å²) in [6, 6.07) is 15.2. The molecule has 3 nitrogen and oxygen atoms in total. The van der Waals surface area contributed by atoms with E-state index in [0.29, 0.717) is 17.5 Å². The van der Waals surface area contributed by atoms with Crippen LogP contribution in [0.5, 0.6) is 5.75 Å². The first kappa shape index (κ1) is 17.4. The van der Waals surface area contributed by atoms with E-state index in [1.54, 1.807) is 6.92 Å². The number of benzene rings is 2. The van der Waals surface area contributed by atoms with Gasteiger partial charge < -0.3 is 10.1 Å². The number of halogens is 1. The highest BCUT2D eigenvalue weighted by atomic mass is 35.5. The van der Waals surface area contributed by atoms with Crippen molar-refractivity contribution >= 4 is 17.5 Å². The van der Waals surface area contributed by atoms with Crippen LogP contribution in [0.2, 0.25) is 5.02 Å². The van der Waals surface area contributed by atoms with Crippen molar-refractivity contribution in [3.05, 3.63) is 64.7 Å². The molecule has 1 atom stereocenters. The normalized spacial score (nSPS) is 12.0. The van der Waals surface area contributed by atoms with Crippen LogP contribution in [-0.4, -0.2) is 12.0 Å². The summed E-state index contributed by atoms with van der Waals surface area (Å²) in [6.07, 6.45) is -0.554. The third-order valence-electron chi connectivity index (χ3n) is 3.59. The van der Waals surface area contributed by atoms with Crippen molar-refractivity contribution in [1.82, 2.24) is 5.32 Å². The molecule has 0 spiro atoms. The first-order chi connectivity index (χ1) is 11.0. The number of nitrogens with one attached hydrogen (secondary N) is 1. The zero-order valence-corrected chi connectivity index (χ0v) is 14.4. The third-order valence-corrected chi connectivity index (χ3v) is 3.85. The number of amides is 1. The van der Waals surface area contributed by atoms with E-state index >= 15 is 0 Å². The molecule has 0 heterocycles. The van der Waals surface area contributed by atoms with Crippen LogP contribution in [0.25, 0.3) is 0 Å². The molecule has 0 aromatic heterocycles. The Morgan fingerprint density at radius 3 is 2.39 bits per heavy atom. The van der Waals surface area contributed by atoms with E-state index in [1.165, 1.54) is 0 Å². The first-order valence-corrected chi connectivity index (χ1v) is 8.13. The number of para-hydroxylation sites is 1. The Bertz CT molecular complexity index is 653. The molecule has 0 saturated carbocycles. The fourth-order valence-corrected chi connectivity index (χ4v) is 2.37. The summed E-state index contributed by atoms with van der Waals surface area (Å²) >= 11 is 5.85. The largest absolute Gasteiger partial charge is 0.481 e. The van der Waals surface area contributed by atoms with Gasteiger partial charge in [-0.2, -0.15) is 0 Å². The van der Waals surface area contributed by atoms with Gasteiger partial charge >= 0.3 is 0 Å². The molecule has 0 radical (unpaired) electrons. The summed E-state index contributed by atoms with van der Waals surface area (Å²) in [5.74, 6) is 0.964. The second-order valence-electron chi connectivity index (χ2n) is 5.80. The standard InChI is InChI=1S/C19H22ClNO2/c1-13(2)17-6-4-5-7-18(17)23-14(3)19(22)21-12-15-8-10-16(20)11-9-15/h4-11,13-14H,12H2,1-3H3,(H,21,22). The van der Waals surface area contributed by atoms with Gasteiger partial charge in [-0.1, -0.05) is 55.8 Å². The Hall–Kier alpha value is -2.00. The van der Waals surface area contributed by atoms with Crippen LogP contribution in [0.4, 0.5) is 0 Å². The highest BCUT2D eigenvalue weighted by Crippen LogP contribution is 2.26. The summed E-state index contributed by atoms with van der Waals surface area (Å²) in [6.45, 7) is 6.42. The second kappa shape index (κ2) is 8.02. The van der Waals surface area contributed by atoms with Crippen LogP contribution >= 0.6 is 11.6 Å². The van der Waals surface area contributed by atoms with Gasteiger partial charge in [0.25, 0.3) is 5.91 Å². The lowest BCUT2D eigenvalue weighted by Gasteiger charge is -2.18. The number of carbonyl (C=O) groups is 1. The van der Waals surface area contributed by atoms with E-state index < -0.39 is 6.10 Å². The van der Waals surface area contributed by atoms with Gasteiger partial charge in [0, 0.05) is 11.6 Å². The Balaban J connectivity index is 1.94. The van der Waals surface area contributed by atoms with Gasteiger partial charge in [0.15, 0.2) is 6.10 Å². The maximum absolute atomic E-state index is 12.2. The molecule has 0 bridgehead atoms. The molecule has 1 amide bonds. The quantitative estimate of drug-likeness (QED) is 0.843.